The van der Waals surface area contributed by atoms with Gasteiger partial charge >= 0.3 is 18.0 Å². The van der Waals surface area contributed by atoms with Crippen LogP contribution >= 0.6 is 11.6 Å². The number of esters is 1. The van der Waals surface area contributed by atoms with Crippen molar-refractivity contribution in [2.45, 2.75) is 57.6 Å². The van der Waals surface area contributed by atoms with Crippen LogP contribution in [0.15, 0.2) is 24.3 Å². The zero-order chi connectivity index (χ0) is 32.7. The maximum absolute atomic E-state index is 13.9. The van der Waals surface area contributed by atoms with Crippen LogP contribution in [0.4, 0.5) is 9.18 Å². The lowest BCUT2D eigenvalue weighted by Crippen LogP contribution is -2.56. The Kier molecular flexibility index (Phi) is 10.9. The summed E-state index contributed by atoms with van der Waals surface area (Å²) in [7, 11) is 0. The van der Waals surface area contributed by atoms with Gasteiger partial charge in [0, 0.05) is 38.7 Å². The lowest BCUT2D eigenvalue weighted by Gasteiger charge is -2.38. The fourth-order valence-corrected chi connectivity index (χ4v) is 5.13. The van der Waals surface area contributed by atoms with Gasteiger partial charge in [-0.25, -0.2) is 18.7 Å². The fourth-order valence-electron chi connectivity index (χ4n) is 4.96. The number of rotatable bonds is 12. The predicted molar refractivity (Wildman–Crippen MR) is 156 cm³/mol. The van der Waals surface area contributed by atoms with E-state index in [-0.39, 0.29) is 68.1 Å². The highest BCUT2D eigenvalue weighted by atomic mass is 35.5. The number of hydrogen-bond donors (Lipinski definition) is 2. The summed E-state index contributed by atoms with van der Waals surface area (Å²) in [6.45, 7) is 4.42. The number of nitrogens with zero attached hydrogens (tertiary/aromatic N) is 4. The Morgan fingerprint density at radius 2 is 1.71 bits per heavy atom. The summed E-state index contributed by atoms with van der Waals surface area (Å²) in [6, 6.07) is 3.77. The lowest BCUT2D eigenvalue weighted by molar-refractivity contribution is -0.170. The third kappa shape index (κ3) is 7.82. The predicted octanol–water partition coefficient (Wildman–Crippen LogP) is 2.79. The highest BCUT2D eigenvalue weighted by Crippen LogP contribution is 2.39. The standard InChI is InChI=1S/C29H35ClFN5O9/c1-3-43-27(41)29(10-5-11-29)45-23-17-22(33-36(23)18-6-7-20(31)19(30)16-18)25(39)32-21(8-9-24(37)38)26(40)34-12-14-35(15-13-34)28(42)44-4-2/h6-7,16-17,21H,3-5,8-15H2,1-2H3,(H,32,39)(H,37,38)/t21-/m0/s1. The molecule has 4 rings (SSSR count). The Hall–Kier alpha value is -4.40. The largest absolute Gasteiger partial charge is 0.481 e. The first-order chi connectivity index (χ1) is 21.5. The van der Waals surface area contributed by atoms with Crippen molar-refractivity contribution in [1.29, 1.82) is 0 Å². The van der Waals surface area contributed by atoms with Crippen molar-refractivity contribution in [1.82, 2.24) is 24.9 Å². The minimum Gasteiger partial charge on any atom is -0.481 e. The molecule has 2 N–H and O–H groups in total. The highest BCUT2D eigenvalue weighted by Gasteiger charge is 2.49. The van der Waals surface area contributed by atoms with Crippen LogP contribution in [0.1, 0.15) is 56.4 Å². The molecule has 3 amide bonds. The van der Waals surface area contributed by atoms with Crippen LogP contribution in [0.25, 0.3) is 5.69 Å². The summed E-state index contributed by atoms with van der Waals surface area (Å²) in [4.78, 5) is 66.0. The van der Waals surface area contributed by atoms with Gasteiger partial charge in [-0.3, -0.25) is 14.4 Å². The molecule has 0 unspecified atom stereocenters. The van der Waals surface area contributed by atoms with Crippen molar-refractivity contribution in [3.05, 3.63) is 40.8 Å². The second-order valence-corrected chi connectivity index (χ2v) is 10.9. The van der Waals surface area contributed by atoms with Gasteiger partial charge < -0.3 is 34.4 Å². The molecule has 2 heterocycles. The third-order valence-corrected chi connectivity index (χ3v) is 7.82. The Labute approximate surface area is 263 Å². The molecule has 0 spiro atoms. The zero-order valence-corrected chi connectivity index (χ0v) is 25.7. The van der Waals surface area contributed by atoms with Crippen molar-refractivity contribution in [2.24, 2.45) is 0 Å². The zero-order valence-electron chi connectivity index (χ0n) is 24.9. The van der Waals surface area contributed by atoms with Crippen LogP contribution in [0.5, 0.6) is 5.88 Å². The van der Waals surface area contributed by atoms with Crippen LogP contribution in [0.2, 0.25) is 5.02 Å². The Morgan fingerprint density at radius 3 is 2.29 bits per heavy atom. The molecule has 2 aromatic rings. The number of nitrogens with one attached hydrogen (secondary N) is 1. The fraction of sp³-hybridized carbons (Fsp3) is 0.517. The molecule has 0 bridgehead atoms. The minimum atomic E-state index is -1.31. The maximum Gasteiger partial charge on any atom is 0.409 e. The van der Waals surface area contributed by atoms with E-state index in [2.05, 4.69) is 10.4 Å². The summed E-state index contributed by atoms with van der Waals surface area (Å²) in [5, 5.41) is 16.0. The first kappa shape index (κ1) is 33.5. The molecular formula is C29H35ClFN5O9. The number of aromatic nitrogens is 2. The number of hydrogen-bond acceptors (Lipinski definition) is 9. The monoisotopic (exact) mass is 651 g/mol. The molecule has 1 aromatic carbocycles. The van der Waals surface area contributed by atoms with E-state index >= 15 is 0 Å². The number of aliphatic carboxylic acids is 1. The van der Waals surface area contributed by atoms with Crippen molar-refractivity contribution in [3.63, 3.8) is 0 Å². The molecule has 2 aliphatic rings. The van der Waals surface area contributed by atoms with Crippen molar-refractivity contribution >= 4 is 41.4 Å². The molecule has 1 aliphatic heterocycles. The van der Waals surface area contributed by atoms with E-state index in [0.29, 0.717) is 19.3 Å². The van der Waals surface area contributed by atoms with Crippen LogP contribution in [-0.2, 0) is 23.9 Å². The number of carboxylic acid groups (broad SMARTS) is 1. The smallest absolute Gasteiger partial charge is 0.409 e. The van der Waals surface area contributed by atoms with Gasteiger partial charge in [-0.05, 0) is 57.7 Å². The summed E-state index contributed by atoms with van der Waals surface area (Å²) < 4.78 is 31.5. The SMILES string of the molecule is CCOC(=O)N1CCN(C(=O)[C@H](CCC(=O)O)NC(=O)c2cc(OC3(C(=O)OCC)CCC3)n(-c3ccc(F)c(Cl)c3)n2)CC1. The number of carbonyl (C=O) groups is 5. The number of piperazine rings is 1. The second kappa shape index (κ2) is 14.6. The van der Waals surface area contributed by atoms with Crippen molar-refractivity contribution in [3.8, 4) is 11.6 Å². The Balaban J connectivity index is 1.58. The van der Waals surface area contributed by atoms with E-state index in [1.165, 1.54) is 32.7 Å². The number of carbonyl (C=O) groups excluding carboxylic acids is 4. The number of amides is 3. The van der Waals surface area contributed by atoms with Gasteiger partial charge in [0.1, 0.15) is 11.9 Å². The lowest BCUT2D eigenvalue weighted by atomic mass is 9.80. The topological polar surface area (TPSA) is 170 Å². The number of carboxylic acids is 1. The average molecular weight is 652 g/mol. The number of halogens is 2. The summed E-state index contributed by atoms with van der Waals surface area (Å²) in [5.41, 5.74) is -1.30. The molecule has 1 atom stereocenters. The first-order valence-electron chi connectivity index (χ1n) is 14.6. The number of benzene rings is 1. The van der Waals surface area contributed by atoms with E-state index in [9.17, 15) is 33.5 Å². The van der Waals surface area contributed by atoms with Crippen LogP contribution in [0, 0.1) is 5.82 Å². The molecule has 14 nitrogen and oxygen atoms in total. The van der Waals surface area contributed by atoms with Gasteiger partial charge in [0.25, 0.3) is 5.91 Å². The van der Waals surface area contributed by atoms with Gasteiger partial charge in [0.2, 0.25) is 17.4 Å². The maximum atomic E-state index is 13.9. The van der Waals surface area contributed by atoms with Crippen LogP contribution in [-0.4, -0.2) is 106 Å². The van der Waals surface area contributed by atoms with E-state index in [0.717, 1.165) is 6.07 Å². The van der Waals surface area contributed by atoms with E-state index < -0.39 is 53.7 Å². The average Bonchev–Trinajstić information content (AvgIpc) is 3.42. The van der Waals surface area contributed by atoms with E-state index in [4.69, 9.17) is 25.8 Å². The normalized spacial score (nSPS) is 16.3. The molecule has 1 saturated carbocycles. The molecule has 0 radical (unpaired) electrons. The van der Waals surface area contributed by atoms with Gasteiger partial charge in [-0.1, -0.05) is 11.6 Å². The molecule has 2 fully saturated rings. The van der Waals surface area contributed by atoms with Gasteiger partial charge in [0.15, 0.2) is 5.69 Å². The molecule has 1 saturated heterocycles. The van der Waals surface area contributed by atoms with Gasteiger partial charge in [-0.2, -0.15) is 5.10 Å². The molecule has 244 valence electrons. The molecule has 45 heavy (non-hydrogen) atoms. The Morgan fingerprint density at radius 1 is 1.04 bits per heavy atom. The van der Waals surface area contributed by atoms with Crippen LogP contribution < -0.4 is 10.1 Å². The number of ether oxygens (including phenoxy) is 3. The van der Waals surface area contributed by atoms with Crippen molar-refractivity contribution < 1.29 is 47.7 Å². The van der Waals surface area contributed by atoms with Gasteiger partial charge in [0.05, 0.1) is 23.9 Å². The third-order valence-electron chi connectivity index (χ3n) is 7.53. The second-order valence-electron chi connectivity index (χ2n) is 10.5. The Bertz CT molecular complexity index is 1440. The summed E-state index contributed by atoms with van der Waals surface area (Å²) in [6.07, 6.45) is 0.308. The van der Waals surface area contributed by atoms with E-state index in [1.807, 2.05) is 0 Å². The van der Waals surface area contributed by atoms with Gasteiger partial charge in [-0.15, -0.1) is 0 Å². The molecule has 1 aliphatic carbocycles. The van der Waals surface area contributed by atoms with Crippen molar-refractivity contribution in [2.75, 3.05) is 39.4 Å². The first-order valence-corrected chi connectivity index (χ1v) is 15.0. The van der Waals surface area contributed by atoms with Crippen LogP contribution in [0.3, 0.4) is 0 Å². The summed E-state index contributed by atoms with van der Waals surface area (Å²) in [5.74, 6) is -3.79. The molecule has 1 aromatic heterocycles. The minimum absolute atomic E-state index is 0.0286. The molecular weight excluding hydrogens is 617 g/mol. The molecule has 16 heteroatoms. The summed E-state index contributed by atoms with van der Waals surface area (Å²) >= 11 is 6.00. The highest BCUT2D eigenvalue weighted by molar-refractivity contribution is 6.30. The van der Waals surface area contributed by atoms with E-state index in [1.54, 1.807) is 13.8 Å². The quantitative estimate of drug-likeness (QED) is 0.325.